The van der Waals surface area contributed by atoms with Crippen LogP contribution in [-0.2, 0) is 0 Å². The highest BCUT2D eigenvalue weighted by Crippen LogP contribution is 1.89. The van der Waals surface area contributed by atoms with Crippen molar-refractivity contribution < 1.29 is 5.11 Å². The molecule has 0 aromatic heterocycles. The fourth-order valence-corrected chi connectivity index (χ4v) is 0.564. The van der Waals surface area contributed by atoms with Gasteiger partial charge in [0.05, 0.1) is 6.67 Å². The average molecular weight is 132 g/mol. The van der Waals surface area contributed by atoms with Crippen molar-refractivity contribution in [2.75, 3.05) is 27.8 Å². The lowest BCUT2D eigenvalue weighted by Gasteiger charge is -2.23. The maximum absolute atomic E-state index is 8.97. The van der Waals surface area contributed by atoms with Crippen LogP contribution in [0.25, 0.3) is 0 Å². The van der Waals surface area contributed by atoms with Gasteiger partial charge in [-0.25, -0.2) is 0 Å². The van der Waals surface area contributed by atoms with Gasteiger partial charge in [-0.2, -0.15) is 0 Å². The van der Waals surface area contributed by atoms with E-state index in [0.717, 1.165) is 6.67 Å². The largest absolute Gasteiger partial charge is 0.379 e. The zero-order valence-electron chi connectivity index (χ0n) is 6.63. The topological polar surface area (TPSA) is 26.7 Å². The number of aliphatic hydroxyl groups excluding tert-OH is 1. The lowest BCUT2D eigenvalue weighted by atomic mass is 10.6. The zero-order valence-corrected chi connectivity index (χ0v) is 6.63. The molecule has 56 valence electrons. The number of hydrogen-bond donors (Lipinski definition) is 1. The summed E-state index contributed by atoms with van der Waals surface area (Å²) < 4.78 is 0. The molecule has 1 atom stereocenters. The second kappa shape index (κ2) is 3.82. The normalized spacial score (nSPS) is 15.0. The molecular formula is C6H16N2O. The van der Waals surface area contributed by atoms with Crippen LogP contribution in [0.1, 0.15) is 6.92 Å². The minimum absolute atomic E-state index is 0.354. The fraction of sp³-hybridized carbons (Fsp3) is 1.00. The van der Waals surface area contributed by atoms with E-state index in [9.17, 15) is 0 Å². The molecule has 0 aromatic rings. The molecule has 0 bridgehead atoms. The van der Waals surface area contributed by atoms with Gasteiger partial charge < -0.3 is 5.11 Å². The molecule has 0 aromatic carbocycles. The Hall–Kier alpha value is -0.120. The summed E-state index contributed by atoms with van der Waals surface area (Å²) in [7, 11) is 5.82. The molecule has 9 heavy (non-hydrogen) atoms. The maximum Gasteiger partial charge on any atom is 0.105 e. The van der Waals surface area contributed by atoms with Gasteiger partial charge in [-0.05, 0) is 28.1 Å². The van der Waals surface area contributed by atoms with Gasteiger partial charge in [-0.15, -0.1) is 0 Å². The summed E-state index contributed by atoms with van der Waals surface area (Å²) in [5.74, 6) is 0. The Morgan fingerprint density at radius 1 is 1.33 bits per heavy atom. The Balaban J connectivity index is 3.38. The van der Waals surface area contributed by atoms with Gasteiger partial charge >= 0.3 is 0 Å². The summed E-state index contributed by atoms with van der Waals surface area (Å²) in [5.41, 5.74) is 0. The Bertz CT molecular complexity index is 73.5. The molecule has 0 aliphatic heterocycles. The van der Waals surface area contributed by atoms with Crippen LogP contribution in [0.15, 0.2) is 0 Å². The third kappa shape index (κ3) is 4.39. The molecule has 1 unspecified atom stereocenters. The molecule has 0 heterocycles. The lowest BCUT2D eigenvalue weighted by molar-refractivity contribution is 0.0116. The summed E-state index contributed by atoms with van der Waals surface area (Å²) in [6.07, 6.45) is -0.354. The number of nitrogens with zero attached hydrogens (tertiary/aromatic N) is 2. The van der Waals surface area contributed by atoms with E-state index in [0.29, 0.717) is 0 Å². The zero-order chi connectivity index (χ0) is 7.44. The summed E-state index contributed by atoms with van der Waals surface area (Å²) in [4.78, 5) is 3.85. The van der Waals surface area contributed by atoms with Gasteiger partial charge in [-0.1, -0.05) is 0 Å². The second-order valence-electron chi connectivity index (χ2n) is 2.61. The van der Waals surface area contributed by atoms with Crippen molar-refractivity contribution in [1.82, 2.24) is 9.80 Å². The van der Waals surface area contributed by atoms with Crippen LogP contribution < -0.4 is 0 Å². The molecule has 0 amide bonds. The van der Waals surface area contributed by atoms with E-state index in [1.54, 1.807) is 6.92 Å². The molecule has 0 fully saturated rings. The van der Waals surface area contributed by atoms with Gasteiger partial charge in [0.25, 0.3) is 0 Å². The van der Waals surface area contributed by atoms with Crippen LogP contribution >= 0.6 is 0 Å². The van der Waals surface area contributed by atoms with Crippen molar-refractivity contribution >= 4 is 0 Å². The Kier molecular flexibility index (Phi) is 3.77. The number of aliphatic hydroxyl groups is 1. The predicted molar refractivity (Wildman–Crippen MR) is 38.0 cm³/mol. The predicted octanol–water partition coefficient (Wildman–Crippen LogP) is -0.224. The van der Waals surface area contributed by atoms with Gasteiger partial charge in [0.2, 0.25) is 0 Å². The van der Waals surface area contributed by atoms with E-state index in [2.05, 4.69) is 0 Å². The van der Waals surface area contributed by atoms with E-state index in [-0.39, 0.29) is 6.23 Å². The van der Waals surface area contributed by atoms with E-state index < -0.39 is 0 Å². The van der Waals surface area contributed by atoms with Crippen molar-refractivity contribution in [3.63, 3.8) is 0 Å². The van der Waals surface area contributed by atoms with Gasteiger partial charge in [0, 0.05) is 0 Å². The van der Waals surface area contributed by atoms with Crippen LogP contribution in [0.3, 0.4) is 0 Å². The Morgan fingerprint density at radius 3 is 1.89 bits per heavy atom. The first-order valence-corrected chi connectivity index (χ1v) is 3.07. The van der Waals surface area contributed by atoms with Crippen LogP contribution in [-0.4, -0.2) is 48.9 Å². The third-order valence-electron chi connectivity index (χ3n) is 1.14. The van der Waals surface area contributed by atoms with Crippen molar-refractivity contribution in [2.24, 2.45) is 0 Å². The monoisotopic (exact) mass is 132 g/mol. The first-order chi connectivity index (χ1) is 4.04. The molecule has 3 heteroatoms. The highest BCUT2D eigenvalue weighted by Gasteiger charge is 2.03. The number of hydrogen-bond acceptors (Lipinski definition) is 3. The fourth-order valence-electron chi connectivity index (χ4n) is 0.564. The molecule has 0 saturated heterocycles. The minimum atomic E-state index is -0.354. The highest BCUT2D eigenvalue weighted by atomic mass is 16.3. The second-order valence-corrected chi connectivity index (χ2v) is 2.61. The molecule has 0 aliphatic carbocycles. The Labute approximate surface area is 56.9 Å². The summed E-state index contributed by atoms with van der Waals surface area (Å²) in [6, 6.07) is 0. The van der Waals surface area contributed by atoms with E-state index in [1.807, 2.05) is 30.9 Å². The van der Waals surface area contributed by atoms with E-state index in [1.165, 1.54) is 0 Å². The van der Waals surface area contributed by atoms with Gasteiger partial charge in [-0.3, -0.25) is 9.80 Å². The van der Waals surface area contributed by atoms with Crippen LogP contribution in [0.4, 0.5) is 0 Å². The van der Waals surface area contributed by atoms with Crippen molar-refractivity contribution in [3.05, 3.63) is 0 Å². The first kappa shape index (κ1) is 8.88. The Morgan fingerprint density at radius 2 is 1.78 bits per heavy atom. The van der Waals surface area contributed by atoms with E-state index in [4.69, 9.17) is 5.11 Å². The average Bonchev–Trinajstić information content (AvgIpc) is 1.63. The summed E-state index contributed by atoms with van der Waals surface area (Å²) in [6.45, 7) is 2.54. The van der Waals surface area contributed by atoms with Gasteiger partial charge in [0.1, 0.15) is 6.23 Å². The number of rotatable bonds is 3. The third-order valence-corrected chi connectivity index (χ3v) is 1.14. The molecular weight excluding hydrogens is 116 g/mol. The molecule has 0 aliphatic rings. The molecule has 0 rings (SSSR count). The van der Waals surface area contributed by atoms with Crippen LogP contribution in [0.2, 0.25) is 0 Å². The smallest absolute Gasteiger partial charge is 0.105 e. The van der Waals surface area contributed by atoms with Crippen molar-refractivity contribution in [2.45, 2.75) is 13.2 Å². The maximum atomic E-state index is 8.97. The van der Waals surface area contributed by atoms with Crippen LogP contribution in [0.5, 0.6) is 0 Å². The molecule has 3 nitrogen and oxygen atoms in total. The SMILES string of the molecule is CC(O)N(C)CN(C)C. The minimum Gasteiger partial charge on any atom is -0.379 e. The lowest BCUT2D eigenvalue weighted by Crippen LogP contribution is -2.36. The van der Waals surface area contributed by atoms with E-state index >= 15 is 0 Å². The molecule has 0 spiro atoms. The van der Waals surface area contributed by atoms with Gasteiger partial charge in [0.15, 0.2) is 0 Å². The highest BCUT2D eigenvalue weighted by molar-refractivity contribution is 4.47. The standard InChI is InChI=1S/C6H16N2O/c1-6(9)8(4)5-7(2)3/h6,9H,5H2,1-4H3. The molecule has 0 saturated carbocycles. The first-order valence-electron chi connectivity index (χ1n) is 3.07. The quantitative estimate of drug-likeness (QED) is 0.538. The summed E-state index contributed by atoms with van der Waals surface area (Å²) in [5, 5.41) is 8.97. The summed E-state index contributed by atoms with van der Waals surface area (Å²) >= 11 is 0. The van der Waals surface area contributed by atoms with Crippen LogP contribution in [0, 0.1) is 0 Å². The molecule has 0 radical (unpaired) electrons. The van der Waals surface area contributed by atoms with Crippen molar-refractivity contribution in [3.8, 4) is 0 Å². The van der Waals surface area contributed by atoms with Crippen molar-refractivity contribution in [1.29, 1.82) is 0 Å². The molecule has 1 N–H and O–H groups in total.